The zero-order valence-electron chi connectivity index (χ0n) is 26.1. The average molecular weight is 672 g/mol. The van der Waals surface area contributed by atoms with E-state index in [1.54, 1.807) is 24.8 Å². The third kappa shape index (κ3) is 0.733. The standard InChI is InChI=1S/C34H34NO2P2.C5H5.Fe/c1-26(33-16-11-17-34(33)38(29-12-7-5-8-13-29)30-14-9-6-10-15-30)35(2)39(31-22-18-27(36-3)19-23-31)32-24-20-28(37-4)21-25-32;1-2-4-5-3-1;/h5-26H,1-4H3;1-5H;/t26-;;/m1../s1. The van der Waals surface area contributed by atoms with Gasteiger partial charge in [-0.05, 0) is 0 Å². The average Bonchev–Trinajstić information content (AvgIpc) is 4.05. The van der Waals surface area contributed by atoms with Crippen molar-refractivity contribution >= 4 is 37.2 Å². The van der Waals surface area contributed by atoms with E-state index in [2.05, 4.69) is 128 Å². The first-order valence-corrected chi connectivity index (χ1v) is 25.6. The maximum atomic E-state index is 5.61. The molecule has 1 spiro atoms. The second-order valence-electron chi connectivity index (χ2n) is 17.7. The van der Waals surface area contributed by atoms with Gasteiger partial charge in [0.1, 0.15) is 0 Å². The second kappa shape index (κ2) is 4.20. The van der Waals surface area contributed by atoms with Crippen LogP contribution in [0.25, 0.3) is 0 Å². The molecule has 45 heavy (non-hydrogen) atoms. The van der Waals surface area contributed by atoms with Crippen molar-refractivity contribution in [2.45, 2.75) is 59.9 Å². The number of ether oxygens (including phenoxy) is 2. The number of nitrogens with zero attached hydrogens (tertiary/aromatic N) is 1. The van der Waals surface area contributed by atoms with E-state index in [1.165, 1.54) is 49.1 Å². The summed E-state index contributed by atoms with van der Waals surface area (Å²) in [5, 5.41) is 6.24. The molecular weight excluding hydrogens is 632 g/mol. The Balaban J connectivity index is 0.994. The number of benzene rings is 4. The summed E-state index contributed by atoms with van der Waals surface area (Å²) in [6.45, 7) is -1.16. The Labute approximate surface area is 258 Å². The zero-order chi connectivity index (χ0) is 29.9. The minimum absolute atomic E-state index is 0.368. The van der Waals surface area contributed by atoms with E-state index in [0.29, 0.717) is 14.4 Å². The topological polar surface area (TPSA) is 21.7 Å². The molecule has 10 heterocycles. The number of hydrogen-bond acceptors (Lipinski definition) is 3. The fourth-order valence-electron chi connectivity index (χ4n) is 22.5. The van der Waals surface area contributed by atoms with Crippen LogP contribution in [0.3, 0.4) is 0 Å². The van der Waals surface area contributed by atoms with Gasteiger partial charge in [-0.2, -0.15) is 0 Å². The van der Waals surface area contributed by atoms with E-state index in [9.17, 15) is 0 Å². The number of hydrogen-bond donors (Lipinski definition) is 0. The van der Waals surface area contributed by atoms with Crippen molar-refractivity contribution in [1.82, 2.24) is 4.67 Å². The van der Waals surface area contributed by atoms with Crippen LogP contribution in [0.5, 0.6) is 11.5 Å². The van der Waals surface area contributed by atoms with Crippen LogP contribution in [0.15, 0.2) is 109 Å². The van der Waals surface area contributed by atoms with Gasteiger partial charge in [-0.25, -0.2) is 0 Å². The molecule has 4 unspecified atom stereocenters. The molecule has 10 saturated heterocycles. The van der Waals surface area contributed by atoms with Gasteiger partial charge < -0.3 is 0 Å². The summed E-state index contributed by atoms with van der Waals surface area (Å²) in [5.74, 6) is 1.87. The molecule has 0 radical (unpaired) electrons. The first kappa shape index (κ1) is 24.0. The summed E-state index contributed by atoms with van der Waals surface area (Å²) in [4.78, 5) is 9.86. The molecule has 0 bridgehead atoms. The Morgan fingerprint density at radius 1 is 0.600 bits per heavy atom. The van der Waals surface area contributed by atoms with Crippen LogP contribution in [0, 0.1) is 0 Å². The predicted molar refractivity (Wildman–Crippen MR) is 184 cm³/mol. The van der Waals surface area contributed by atoms with Gasteiger partial charge in [0.2, 0.25) is 0 Å². The van der Waals surface area contributed by atoms with Gasteiger partial charge >= 0.3 is 260 Å². The molecule has 6 atom stereocenters. The molecule has 6 heteroatoms. The Morgan fingerprint density at radius 3 is 1.42 bits per heavy atom. The van der Waals surface area contributed by atoms with E-state index in [0.717, 1.165) is 11.5 Å². The summed E-state index contributed by atoms with van der Waals surface area (Å²) in [6, 6.07) is 42.6. The maximum absolute atomic E-state index is 5.61. The first-order valence-electron chi connectivity index (χ1n) is 16.7. The Hall–Kier alpha value is -2.18. The summed E-state index contributed by atoms with van der Waals surface area (Å²) in [5.41, 5.74) is 0. The van der Waals surface area contributed by atoms with Crippen LogP contribution in [-0.2, 0) is 6.51 Å². The molecular formula is C39H39FeNO2P2. The van der Waals surface area contributed by atoms with Gasteiger partial charge in [0, 0.05) is 0 Å². The third-order valence-electron chi connectivity index (χ3n) is 21.4. The normalized spacial score (nSPS) is 54.7. The van der Waals surface area contributed by atoms with Gasteiger partial charge in [-0.3, -0.25) is 0 Å². The van der Waals surface area contributed by atoms with E-state index < -0.39 is 14.6 Å². The quantitative estimate of drug-likeness (QED) is 0.126. The van der Waals surface area contributed by atoms with Crippen molar-refractivity contribution in [1.29, 1.82) is 0 Å². The van der Waals surface area contributed by atoms with E-state index in [-0.39, 0.29) is 7.92 Å². The van der Waals surface area contributed by atoms with E-state index >= 15 is 0 Å². The summed E-state index contributed by atoms with van der Waals surface area (Å²) < 4.78 is 15.5. The molecule has 4 aromatic rings. The van der Waals surface area contributed by atoms with Crippen LogP contribution < -0.4 is 30.7 Å². The van der Waals surface area contributed by atoms with Crippen LogP contribution >= 0.6 is 16.0 Å². The number of fused-ring (bicyclic) bond motifs is 10. The number of methoxy groups -OCH3 is 2. The second-order valence-corrected chi connectivity index (χ2v) is 46.1. The summed E-state index contributed by atoms with van der Waals surface area (Å²) >= 11 is 0. The summed E-state index contributed by atoms with van der Waals surface area (Å²) in [7, 11) is 5.00. The van der Waals surface area contributed by atoms with Crippen molar-refractivity contribution in [3.63, 3.8) is 0 Å². The van der Waals surface area contributed by atoms with Crippen LogP contribution in [-0.4, -0.2) is 36.0 Å². The SMILES string of the molecule is COc1ccc(P(c2ccc(OC)cc2)N(C)[C@H](C)[C@@]23[CH]4[CH]5[CH]6[C]2(P(c2ccccc2)c2ccccc2)[Fe]56432789[CH]3[CH]2[CH]7[CH]8[CH]39)cc1. The molecule has 0 saturated carbocycles. The monoisotopic (exact) mass is 671 g/mol. The Bertz CT molecular complexity index is 2290. The van der Waals surface area contributed by atoms with Crippen molar-refractivity contribution < 1.29 is 16.0 Å². The molecule has 0 aliphatic carbocycles. The predicted octanol–water partition coefficient (Wildman–Crippen LogP) is 8.17. The van der Waals surface area contributed by atoms with Crippen LogP contribution in [0.1, 0.15) is 6.92 Å². The van der Waals surface area contributed by atoms with Gasteiger partial charge in [0.25, 0.3) is 0 Å². The number of rotatable bonds is 10. The van der Waals surface area contributed by atoms with Crippen molar-refractivity contribution in [3.8, 4) is 11.5 Å². The van der Waals surface area contributed by atoms with Crippen molar-refractivity contribution in [2.24, 2.45) is 0 Å². The van der Waals surface area contributed by atoms with Crippen LogP contribution in [0.4, 0.5) is 0 Å². The van der Waals surface area contributed by atoms with E-state index in [4.69, 9.17) is 9.47 Å². The molecule has 0 amide bonds. The van der Waals surface area contributed by atoms with E-state index in [1.807, 2.05) is 0 Å². The molecule has 3 nitrogen and oxygen atoms in total. The van der Waals surface area contributed by atoms with Crippen molar-refractivity contribution in [3.05, 3.63) is 109 Å². The summed E-state index contributed by atoms with van der Waals surface area (Å²) in [6.07, 6.45) is 0. The third-order valence-corrected chi connectivity index (χ3v) is 74.1. The molecule has 10 aliphatic rings. The fraction of sp³-hybridized carbons (Fsp3) is 0.385. The van der Waals surface area contributed by atoms with Gasteiger partial charge in [-0.15, -0.1) is 0 Å². The Morgan fingerprint density at radius 2 is 1.04 bits per heavy atom. The minimum atomic E-state index is -3.90. The molecule has 230 valence electrons. The van der Waals surface area contributed by atoms with Gasteiger partial charge in [0.15, 0.2) is 0 Å². The molecule has 14 rings (SSSR count). The molecule has 0 aromatic heterocycles. The fourth-order valence-corrected chi connectivity index (χ4v) is 117. The molecule has 4 aromatic carbocycles. The Kier molecular flexibility index (Phi) is 2.24. The van der Waals surface area contributed by atoms with Gasteiger partial charge in [0.05, 0.1) is 0 Å². The molecule has 10 aliphatic heterocycles. The van der Waals surface area contributed by atoms with Crippen LogP contribution in [0.2, 0.25) is 42.8 Å². The van der Waals surface area contributed by atoms with Gasteiger partial charge in [-0.1, -0.05) is 0 Å². The molecule has 10 fully saturated rings. The van der Waals surface area contributed by atoms with Crippen molar-refractivity contribution in [2.75, 3.05) is 21.3 Å². The molecule has 0 N–H and O–H groups in total. The first-order chi connectivity index (χ1) is 21.8. The zero-order valence-corrected chi connectivity index (χ0v) is 29.0.